The third-order valence-electron chi connectivity index (χ3n) is 4.86. The minimum atomic E-state index is -4.02. The molecule has 9 nitrogen and oxygen atoms in total. The molecule has 10 heteroatoms. The average Bonchev–Trinajstić information content (AvgIpc) is 3.14. The van der Waals surface area contributed by atoms with E-state index in [4.69, 9.17) is 9.29 Å². The number of benzene rings is 1. The molecule has 1 fully saturated rings. The Kier molecular flexibility index (Phi) is 7.08. The molecule has 1 saturated heterocycles. The van der Waals surface area contributed by atoms with Gasteiger partial charge in [0.15, 0.2) is 0 Å². The van der Waals surface area contributed by atoms with E-state index in [-0.39, 0.29) is 11.0 Å². The van der Waals surface area contributed by atoms with Gasteiger partial charge in [0.2, 0.25) is 0 Å². The fraction of sp³-hybridized carbons (Fsp3) is 0.500. The van der Waals surface area contributed by atoms with E-state index in [0.717, 1.165) is 10.6 Å². The zero-order valence-corrected chi connectivity index (χ0v) is 18.6. The third kappa shape index (κ3) is 6.11. The van der Waals surface area contributed by atoms with E-state index in [9.17, 15) is 18.4 Å². The van der Waals surface area contributed by atoms with Crippen molar-refractivity contribution in [3.63, 3.8) is 0 Å². The van der Waals surface area contributed by atoms with Gasteiger partial charge in [-0.3, -0.25) is 4.55 Å². The van der Waals surface area contributed by atoms with Gasteiger partial charge in [-0.05, 0) is 46.8 Å². The summed E-state index contributed by atoms with van der Waals surface area (Å²) in [7, 11) is -4.02. The van der Waals surface area contributed by atoms with Gasteiger partial charge in [-0.25, -0.2) is 14.3 Å². The van der Waals surface area contributed by atoms with Gasteiger partial charge in [-0.1, -0.05) is 17.7 Å². The predicted molar refractivity (Wildman–Crippen MR) is 109 cm³/mol. The number of hydrogen-bond donors (Lipinski definition) is 1. The van der Waals surface area contributed by atoms with E-state index in [0.29, 0.717) is 12.8 Å². The first-order chi connectivity index (χ1) is 13.7. The number of hydroxylamine groups is 2. The second kappa shape index (κ2) is 8.84. The molecule has 0 saturated carbocycles. The van der Waals surface area contributed by atoms with Gasteiger partial charge >= 0.3 is 6.09 Å². The molecule has 0 aliphatic carbocycles. The van der Waals surface area contributed by atoms with E-state index in [2.05, 4.69) is 4.98 Å². The highest BCUT2D eigenvalue weighted by atomic mass is 32.2. The van der Waals surface area contributed by atoms with Crippen molar-refractivity contribution in [2.75, 3.05) is 0 Å². The maximum Gasteiger partial charge on any atom is 0.419 e. The fourth-order valence-electron chi connectivity index (χ4n) is 3.54. The number of rotatable bonds is 2. The van der Waals surface area contributed by atoms with Gasteiger partial charge in [0.1, 0.15) is 12.4 Å². The van der Waals surface area contributed by atoms with Crippen LogP contribution in [-0.2, 0) is 20.1 Å². The van der Waals surface area contributed by atoms with E-state index in [1.54, 1.807) is 18.3 Å². The molecule has 0 spiro atoms. The molecule has 2 aromatic rings. The maximum absolute atomic E-state index is 12.2. The highest BCUT2D eigenvalue weighted by Gasteiger charge is 2.47. The Hall–Kier alpha value is -2.27. The number of imidazole rings is 1. The molecule has 0 amide bonds. The predicted octanol–water partition coefficient (Wildman–Crippen LogP) is 3.48. The van der Waals surface area contributed by atoms with Crippen LogP contribution >= 0.6 is 0 Å². The van der Waals surface area contributed by atoms with Crippen LogP contribution in [0.4, 0.5) is 4.79 Å². The van der Waals surface area contributed by atoms with Crippen LogP contribution in [-0.4, -0.2) is 50.9 Å². The van der Waals surface area contributed by atoms with Crippen LogP contribution in [0.15, 0.2) is 47.9 Å². The first kappa shape index (κ1) is 24.0. The van der Waals surface area contributed by atoms with Gasteiger partial charge in [-0.2, -0.15) is 8.42 Å². The van der Waals surface area contributed by atoms with Gasteiger partial charge in [-0.15, -0.1) is 10.3 Å². The summed E-state index contributed by atoms with van der Waals surface area (Å²) in [6, 6.07) is 5.99. The molecule has 30 heavy (non-hydrogen) atoms. The standard InChI is InChI=1S/C13H20N3O3.C7H8O3S/c1-12(2)7-10(8-13(3,4)16(12)18)19-11(17)15-6-5-14-9-15;1-6-2-4-7(5-3-6)11(8,9)10/h5-6,9-10H,7-8H2,1-4H3;2-5H,1H3,(H,8,9,10). The molecule has 3 rings (SSSR count). The molecule has 0 atom stereocenters. The molecule has 0 bridgehead atoms. The fourth-order valence-corrected chi connectivity index (χ4v) is 4.02. The largest absolute Gasteiger partial charge is 0.445 e. The normalized spacial score (nSPS) is 18.9. The summed E-state index contributed by atoms with van der Waals surface area (Å²) in [6.07, 6.45) is 4.82. The molecule has 1 aromatic heterocycles. The highest BCUT2D eigenvalue weighted by Crippen LogP contribution is 2.38. The van der Waals surface area contributed by atoms with Crippen LogP contribution < -0.4 is 0 Å². The molecule has 1 aliphatic heterocycles. The molecule has 1 aromatic carbocycles. The lowest BCUT2D eigenvalue weighted by molar-refractivity contribution is -0.298. The SMILES string of the molecule is CC1(C)CC(OC(=O)n2ccnc2)CC(C)(C)N1[O].Cc1ccc(S(=O)(=O)O)cc1. The lowest BCUT2D eigenvalue weighted by Gasteiger charge is -2.49. The summed E-state index contributed by atoms with van der Waals surface area (Å²) in [4.78, 5) is 15.6. The lowest BCUT2D eigenvalue weighted by Crippen LogP contribution is -2.60. The van der Waals surface area contributed by atoms with Gasteiger partial charge in [0.05, 0.1) is 4.90 Å². The number of hydrogen-bond acceptors (Lipinski definition) is 6. The highest BCUT2D eigenvalue weighted by molar-refractivity contribution is 7.85. The monoisotopic (exact) mass is 438 g/mol. The Morgan fingerprint density at radius 2 is 1.67 bits per heavy atom. The summed E-state index contributed by atoms with van der Waals surface area (Å²) >= 11 is 0. The van der Waals surface area contributed by atoms with Crippen molar-refractivity contribution >= 4 is 16.2 Å². The Morgan fingerprint density at radius 1 is 1.13 bits per heavy atom. The maximum atomic E-state index is 12.2. The minimum absolute atomic E-state index is 0.0666. The van der Waals surface area contributed by atoms with E-state index >= 15 is 0 Å². The topological polar surface area (TPSA) is 122 Å². The number of aromatic nitrogens is 2. The summed E-state index contributed by atoms with van der Waals surface area (Å²) < 4.78 is 36.3. The van der Waals surface area contributed by atoms with Crippen molar-refractivity contribution in [2.24, 2.45) is 0 Å². The van der Waals surface area contributed by atoms with Crippen molar-refractivity contribution in [1.82, 2.24) is 14.6 Å². The number of carbonyl (C=O) groups excluding carboxylic acids is 1. The summed E-state index contributed by atoms with van der Waals surface area (Å²) in [5, 5.41) is 13.3. The number of ether oxygens (including phenoxy) is 1. The third-order valence-corrected chi connectivity index (χ3v) is 5.72. The van der Waals surface area contributed by atoms with Crippen LogP contribution in [0, 0.1) is 6.92 Å². The summed E-state index contributed by atoms with van der Waals surface area (Å²) in [6.45, 7) is 9.34. The van der Waals surface area contributed by atoms with Crippen LogP contribution in [0.5, 0.6) is 0 Å². The summed E-state index contributed by atoms with van der Waals surface area (Å²) in [5.74, 6) is 0. The van der Waals surface area contributed by atoms with Crippen LogP contribution in [0.1, 0.15) is 46.1 Å². The Bertz CT molecular complexity index is 935. The van der Waals surface area contributed by atoms with Crippen LogP contribution in [0.2, 0.25) is 0 Å². The zero-order chi connectivity index (χ0) is 22.7. The Balaban J connectivity index is 0.000000248. The summed E-state index contributed by atoms with van der Waals surface area (Å²) in [5.41, 5.74) is -0.124. The molecule has 1 N–H and O–H groups in total. The average molecular weight is 439 g/mol. The van der Waals surface area contributed by atoms with E-state index < -0.39 is 27.3 Å². The molecule has 165 valence electrons. The van der Waals surface area contributed by atoms with Crippen molar-refractivity contribution in [3.8, 4) is 0 Å². The lowest BCUT2D eigenvalue weighted by atomic mass is 9.80. The molecule has 1 aliphatic rings. The smallest absolute Gasteiger partial charge is 0.419 e. The van der Waals surface area contributed by atoms with Crippen LogP contribution in [0.25, 0.3) is 0 Å². The van der Waals surface area contributed by atoms with Crippen molar-refractivity contribution in [2.45, 2.75) is 69.5 Å². The Morgan fingerprint density at radius 3 is 2.10 bits per heavy atom. The zero-order valence-electron chi connectivity index (χ0n) is 17.8. The quantitative estimate of drug-likeness (QED) is 0.712. The second-order valence-electron chi connectivity index (χ2n) is 8.59. The molecule has 2 heterocycles. The number of piperidine rings is 1. The minimum Gasteiger partial charge on any atom is -0.445 e. The molecular formula is C20H28N3O6S. The molecule has 1 radical (unpaired) electrons. The number of carbonyl (C=O) groups is 1. The first-order valence-electron chi connectivity index (χ1n) is 9.43. The van der Waals surface area contributed by atoms with Crippen LogP contribution in [0.3, 0.4) is 0 Å². The van der Waals surface area contributed by atoms with Crippen molar-refractivity contribution in [1.29, 1.82) is 0 Å². The second-order valence-corrected chi connectivity index (χ2v) is 10.0. The van der Waals surface area contributed by atoms with Gasteiger partial charge < -0.3 is 4.74 Å². The first-order valence-corrected chi connectivity index (χ1v) is 10.9. The Labute approximate surface area is 177 Å². The van der Waals surface area contributed by atoms with Crippen molar-refractivity contribution in [3.05, 3.63) is 48.5 Å². The molecule has 0 unspecified atom stereocenters. The van der Waals surface area contributed by atoms with Gasteiger partial charge in [0.25, 0.3) is 10.1 Å². The van der Waals surface area contributed by atoms with Crippen molar-refractivity contribution < 1.29 is 27.7 Å². The van der Waals surface area contributed by atoms with Gasteiger partial charge in [0, 0.05) is 36.3 Å². The number of nitrogens with zero attached hydrogens (tertiary/aromatic N) is 3. The van der Waals surface area contributed by atoms with E-state index in [1.807, 2.05) is 34.6 Å². The molecular weight excluding hydrogens is 410 g/mol. The van der Waals surface area contributed by atoms with E-state index in [1.165, 1.54) is 29.2 Å². The number of aryl methyl sites for hydroxylation is 1.